The van der Waals surface area contributed by atoms with Crippen LogP contribution in [0.3, 0.4) is 0 Å². The van der Waals surface area contributed by atoms with Gasteiger partial charge in [0.1, 0.15) is 0 Å². The maximum absolute atomic E-state index is 12.3. The van der Waals surface area contributed by atoms with E-state index in [0.29, 0.717) is 40.0 Å². The SMILES string of the molecule is CCc1nnc(CSc2nc3ccccc3c(=O)n2C)o1. The minimum Gasteiger partial charge on any atom is -0.424 e. The van der Waals surface area contributed by atoms with Crippen molar-refractivity contribution in [1.82, 2.24) is 19.7 Å². The lowest BCUT2D eigenvalue weighted by molar-refractivity contribution is 0.469. The summed E-state index contributed by atoms with van der Waals surface area (Å²) in [5.74, 6) is 1.65. The van der Waals surface area contributed by atoms with Crippen molar-refractivity contribution in [3.63, 3.8) is 0 Å². The van der Waals surface area contributed by atoms with E-state index >= 15 is 0 Å². The summed E-state index contributed by atoms with van der Waals surface area (Å²) >= 11 is 1.41. The normalized spacial score (nSPS) is 11.1. The van der Waals surface area contributed by atoms with E-state index in [9.17, 15) is 4.79 Å². The third kappa shape index (κ3) is 2.69. The summed E-state index contributed by atoms with van der Waals surface area (Å²) < 4.78 is 7.00. The number of hydrogen-bond donors (Lipinski definition) is 0. The number of aromatic nitrogens is 4. The van der Waals surface area contributed by atoms with Crippen LogP contribution in [0.4, 0.5) is 0 Å². The summed E-state index contributed by atoms with van der Waals surface area (Å²) in [5, 5.41) is 9.14. The molecule has 0 saturated heterocycles. The fourth-order valence-corrected chi connectivity index (χ4v) is 2.75. The molecule has 108 valence electrons. The Labute approximate surface area is 125 Å². The van der Waals surface area contributed by atoms with Crippen molar-refractivity contribution in [2.75, 3.05) is 0 Å². The fraction of sp³-hybridized carbons (Fsp3) is 0.286. The minimum atomic E-state index is -0.0529. The summed E-state index contributed by atoms with van der Waals surface area (Å²) in [6, 6.07) is 7.32. The zero-order chi connectivity index (χ0) is 14.8. The molecule has 0 spiro atoms. The predicted molar refractivity (Wildman–Crippen MR) is 80.2 cm³/mol. The monoisotopic (exact) mass is 302 g/mol. The smallest absolute Gasteiger partial charge is 0.261 e. The van der Waals surface area contributed by atoms with Crippen molar-refractivity contribution in [1.29, 1.82) is 0 Å². The molecule has 0 unspecified atom stereocenters. The first-order chi connectivity index (χ1) is 10.2. The van der Waals surface area contributed by atoms with E-state index < -0.39 is 0 Å². The third-order valence-corrected chi connectivity index (χ3v) is 4.09. The summed E-state index contributed by atoms with van der Waals surface area (Å²) in [6.07, 6.45) is 0.713. The van der Waals surface area contributed by atoms with Gasteiger partial charge in [0.25, 0.3) is 5.56 Å². The van der Waals surface area contributed by atoms with Gasteiger partial charge in [0.05, 0.1) is 16.7 Å². The fourth-order valence-electron chi connectivity index (χ4n) is 1.94. The molecule has 0 atom stereocenters. The first-order valence-corrected chi connectivity index (χ1v) is 7.57. The zero-order valence-corrected chi connectivity index (χ0v) is 12.6. The molecule has 3 aromatic rings. The Hall–Kier alpha value is -2.15. The van der Waals surface area contributed by atoms with E-state index in [1.165, 1.54) is 11.8 Å². The van der Waals surface area contributed by atoms with Crippen LogP contribution in [0, 0.1) is 0 Å². The Morgan fingerprint density at radius 2 is 2.00 bits per heavy atom. The minimum absolute atomic E-state index is 0.0529. The van der Waals surface area contributed by atoms with E-state index in [4.69, 9.17) is 4.42 Å². The molecule has 2 heterocycles. The average Bonchev–Trinajstić information content (AvgIpc) is 2.97. The number of thioether (sulfide) groups is 1. The topological polar surface area (TPSA) is 73.8 Å². The van der Waals surface area contributed by atoms with Gasteiger partial charge in [-0.2, -0.15) is 0 Å². The van der Waals surface area contributed by atoms with Gasteiger partial charge in [-0.15, -0.1) is 10.2 Å². The molecule has 0 N–H and O–H groups in total. The summed E-state index contributed by atoms with van der Waals surface area (Å²) in [7, 11) is 1.72. The molecule has 7 heteroatoms. The van der Waals surface area contributed by atoms with Gasteiger partial charge in [0.2, 0.25) is 11.8 Å². The molecule has 0 bridgehead atoms. The Morgan fingerprint density at radius 1 is 1.24 bits per heavy atom. The quantitative estimate of drug-likeness (QED) is 0.543. The van der Waals surface area contributed by atoms with Gasteiger partial charge in [-0.05, 0) is 12.1 Å². The molecule has 0 saturated carbocycles. The van der Waals surface area contributed by atoms with E-state index in [2.05, 4.69) is 15.2 Å². The first-order valence-electron chi connectivity index (χ1n) is 6.59. The van der Waals surface area contributed by atoms with Gasteiger partial charge in [-0.25, -0.2) is 4.98 Å². The van der Waals surface area contributed by atoms with Crippen molar-refractivity contribution >= 4 is 22.7 Å². The van der Waals surface area contributed by atoms with Crippen molar-refractivity contribution in [3.05, 3.63) is 46.4 Å². The lowest BCUT2D eigenvalue weighted by Gasteiger charge is -2.07. The first kappa shape index (κ1) is 13.8. The van der Waals surface area contributed by atoms with Gasteiger partial charge < -0.3 is 4.42 Å². The summed E-state index contributed by atoms with van der Waals surface area (Å²) in [4.78, 5) is 16.8. The summed E-state index contributed by atoms with van der Waals surface area (Å²) in [5.41, 5.74) is 0.644. The number of hydrogen-bond acceptors (Lipinski definition) is 6. The second-order valence-electron chi connectivity index (χ2n) is 4.51. The Kier molecular flexibility index (Phi) is 3.74. The Balaban J connectivity index is 1.90. The maximum Gasteiger partial charge on any atom is 0.261 e. The predicted octanol–water partition coefficient (Wildman–Crippen LogP) is 2.17. The van der Waals surface area contributed by atoms with Crippen LogP contribution in [0.2, 0.25) is 0 Å². The molecule has 0 aliphatic rings. The molecule has 0 radical (unpaired) electrons. The van der Waals surface area contributed by atoms with Crippen LogP contribution >= 0.6 is 11.8 Å². The number of nitrogens with zero attached hydrogens (tertiary/aromatic N) is 4. The third-order valence-electron chi connectivity index (χ3n) is 3.08. The van der Waals surface area contributed by atoms with Gasteiger partial charge in [-0.1, -0.05) is 30.8 Å². The second kappa shape index (κ2) is 5.69. The second-order valence-corrected chi connectivity index (χ2v) is 5.45. The largest absolute Gasteiger partial charge is 0.424 e. The molecule has 0 aliphatic heterocycles. The Bertz CT molecular complexity index is 840. The highest BCUT2D eigenvalue weighted by atomic mass is 32.2. The van der Waals surface area contributed by atoms with Crippen LogP contribution in [0.25, 0.3) is 10.9 Å². The maximum atomic E-state index is 12.3. The average molecular weight is 302 g/mol. The standard InChI is InChI=1S/C14H14N4O2S/c1-3-11-16-17-12(20-11)8-21-14-15-10-7-5-4-6-9(10)13(19)18(14)2/h4-7H,3,8H2,1-2H3. The molecule has 1 aromatic carbocycles. The molecule has 6 nitrogen and oxygen atoms in total. The number of fused-ring (bicyclic) bond motifs is 1. The van der Waals surface area contributed by atoms with Crippen LogP contribution in [0.15, 0.2) is 38.6 Å². The Morgan fingerprint density at radius 3 is 2.76 bits per heavy atom. The van der Waals surface area contributed by atoms with Crippen LogP contribution in [-0.4, -0.2) is 19.7 Å². The van der Waals surface area contributed by atoms with Crippen LogP contribution < -0.4 is 5.56 Å². The number of para-hydroxylation sites is 1. The highest BCUT2D eigenvalue weighted by molar-refractivity contribution is 7.98. The summed E-state index contributed by atoms with van der Waals surface area (Å²) in [6.45, 7) is 1.96. The number of rotatable bonds is 4. The molecule has 2 aromatic heterocycles. The lowest BCUT2D eigenvalue weighted by atomic mass is 10.2. The van der Waals surface area contributed by atoms with Crippen molar-refractivity contribution in [2.45, 2.75) is 24.3 Å². The highest BCUT2D eigenvalue weighted by Gasteiger charge is 2.11. The molecule has 0 aliphatic carbocycles. The van der Waals surface area contributed by atoms with Crippen LogP contribution in [0.5, 0.6) is 0 Å². The molecule has 3 rings (SSSR count). The van der Waals surface area contributed by atoms with Crippen molar-refractivity contribution < 1.29 is 4.42 Å². The lowest BCUT2D eigenvalue weighted by Crippen LogP contribution is -2.19. The van der Waals surface area contributed by atoms with E-state index in [1.54, 1.807) is 17.7 Å². The van der Waals surface area contributed by atoms with Gasteiger partial charge in [-0.3, -0.25) is 9.36 Å². The molecular weight excluding hydrogens is 288 g/mol. The van der Waals surface area contributed by atoms with Crippen molar-refractivity contribution in [2.24, 2.45) is 7.05 Å². The van der Waals surface area contributed by atoms with Gasteiger partial charge >= 0.3 is 0 Å². The van der Waals surface area contributed by atoms with Crippen LogP contribution in [-0.2, 0) is 19.2 Å². The molecular formula is C14H14N4O2S. The van der Waals surface area contributed by atoms with E-state index in [0.717, 1.165) is 0 Å². The zero-order valence-electron chi connectivity index (χ0n) is 11.7. The van der Waals surface area contributed by atoms with Gasteiger partial charge in [0, 0.05) is 13.5 Å². The number of aryl methyl sites for hydroxylation is 1. The van der Waals surface area contributed by atoms with Crippen molar-refractivity contribution in [3.8, 4) is 0 Å². The van der Waals surface area contributed by atoms with E-state index in [1.807, 2.05) is 25.1 Å². The highest BCUT2D eigenvalue weighted by Crippen LogP contribution is 2.20. The number of benzene rings is 1. The van der Waals surface area contributed by atoms with E-state index in [-0.39, 0.29) is 5.56 Å². The molecule has 0 amide bonds. The molecule has 0 fully saturated rings. The molecule has 21 heavy (non-hydrogen) atoms. The van der Waals surface area contributed by atoms with Crippen LogP contribution in [0.1, 0.15) is 18.7 Å². The van der Waals surface area contributed by atoms with Gasteiger partial charge in [0.15, 0.2) is 5.16 Å².